The molecule has 2 atom stereocenters. The smallest absolute Gasteiger partial charge is 0.123 e. The van der Waals surface area contributed by atoms with E-state index in [2.05, 4.69) is 4.72 Å². The number of benzene rings is 1. The summed E-state index contributed by atoms with van der Waals surface area (Å²) >= 11 is 1.52. The number of rotatable bonds is 5. The van der Waals surface area contributed by atoms with Crippen molar-refractivity contribution in [3.63, 3.8) is 0 Å². The molecule has 2 aromatic rings. The van der Waals surface area contributed by atoms with Crippen LogP contribution in [0.4, 0.5) is 0 Å². The lowest BCUT2D eigenvalue weighted by molar-refractivity contribution is 0.625. The predicted octanol–water partition coefficient (Wildman–Crippen LogP) is 3.17. The third-order valence-electron chi connectivity index (χ3n) is 3.13. The highest BCUT2D eigenvalue weighted by Gasteiger charge is 2.25. The van der Waals surface area contributed by atoms with Crippen LogP contribution in [0.25, 0.3) is 0 Å². The van der Waals surface area contributed by atoms with E-state index in [-0.39, 0.29) is 16.6 Å². The van der Waals surface area contributed by atoms with Crippen LogP contribution in [-0.2, 0) is 11.0 Å². The zero-order valence-corrected chi connectivity index (χ0v) is 14.6. The zero-order valence-electron chi connectivity index (χ0n) is 12.9. The number of nitrogens with one attached hydrogen (secondary N) is 2. The topological polar surface area (TPSA) is 79.0 Å². The van der Waals surface area contributed by atoms with E-state index < -0.39 is 11.0 Å². The molecule has 1 aromatic carbocycles. The van der Waals surface area contributed by atoms with E-state index in [0.717, 1.165) is 10.4 Å². The van der Waals surface area contributed by atoms with Crippen LogP contribution in [0.5, 0.6) is 0 Å². The largest absolute Gasteiger partial charge is 0.384 e. The molecule has 1 heterocycles. The molecule has 0 spiro atoms. The van der Waals surface area contributed by atoms with Crippen molar-refractivity contribution in [1.29, 1.82) is 5.41 Å². The first-order valence-corrected chi connectivity index (χ1v) is 8.98. The molecular weight excluding hydrogens is 314 g/mol. The van der Waals surface area contributed by atoms with Gasteiger partial charge in [0.25, 0.3) is 0 Å². The summed E-state index contributed by atoms with van der Waals surface area (Å²) in [7, 11) is -1.20. The van der Waals surface area contributed by atoms with Gasteiger partial charge in [-0.05, 0) is 32.4 Å². The van der Waals surface area contributed by atoms with Gasteiger partial charge in [-0.1, -0.05) is 30.3 Å². The minimum Gasteiger partial charge on any atom is -0.384 e. The Bertz CT molecular complexity index is 674. The van der Waals surface area contributed by atoms with Crippen LogP contribution in [0, 0.1) is 5.41 Å². The highest BCUT2D eigenvalue weighted by atomic mass is 32.2. The maximum Gasteiger partial charge on any atom is 0.123 e. The van der Waals surface area contributed by atoms with Crippen molar-refractivity contribution in [3.05, 3.63) is 57.8 Å². The number of nitrogen functional groups attached to an aromatic ring is 1. The summed E-state index contributed by atoms with van der Waals surface area (Å²) in [5, 5.41) is 9.40. The van der Waals surface area contributed by atoms with E-state index in [4.69, 9.17) is 11.1 Å². The van der Waals surface area contributed by atoms with Crippen LogP contribution in [0.3, 0.4) is 0 Å². The first-order valence-electron chi connectivity index (χ1n) is 6.95. The second-order valence-electron chi connectivity index (χ2n) is 5.99. The molecule has 2 rings (SSSR count). The molecule has 2 unspecified atom stereocenters. The molecule has 0 saturated carbocycles. The maximum atomic E-state index is 12.5. The molecule has 1 aromatic heterocycles. The average molecular weight is 335 g/mol. The molecule has 118 valence electrons. The van der Waals surface area contributed by atoms with E-state index in [1.54, 1.807) is 0 Å². The van der Waals surface area contributed by atoms with Crippen LogP contribution in [-0.4, -0.2) is 14.8 Å². The van der Waals surface area contributed by atoms with Crippen molar-refractivity contribution >= 4 is 28.2 Å². The van der Waals surface area contributed by atoms with E-state index in [1.165, 1.54) is 11.3 Å². The number of nitrogens with two attached hydrogens (primary N) is 1. The summed E-state index contributed by atoms with van der Waals surface area (Å²) in [4.78, 5) is 0.994. The third-order valence-corrected chi connectivity index (χ3v) is 5.69. The van der Waals surface area contributed by atoms with Crippen molar-refractivity contribution in [3.8, 4) is 0 Å². The monoisotopic (exact) mass is 335 g/mol. The first kappa shape index (κ1) is 16.9. The van der Waals surface area contributed by atoms with Gasteiger partial charge in [-0.3, -0.25) is 5.41 Å². The average Bonchev–Trinajstić information content (AvgIpc) is 2.94. The van der Waals surface area contributed by atoms with Gasteiger partial charge in [0.05, 0.1) is 21.8 Å². The van der Waals surface area contributed by atoms with E-state index in [0.29, 0.717) is 5.56 Å². The standard InChI is InChI=1S/C16H21N3OS2/c1-16(2,3)22(20)19-14(11-7-5-4-6-8-11)13-9-12(10-21-13)15(17)18/h4-10,14,19H,1-3H3,(H3,17,18). The van der Waals surface area contributed by atoms with Crippen molar-refractivity contribution in [2.75, 3.05) is 0 Å². The minimum atomic E-state index is -1.20. The highest BCUT2D eigenvalue weighted by molar-refractivity contribution is 7.84. The Morgan fingerprint density at radius 3 is 2.45 bits per heavy atom. The molecule has 0 bridgehead atoms. The SMILES string of the molecule is CC(C)(C)S(=O)NC(c1ccccc1)c1cc(C(=N)N)cs1. The lowest BCUT2D eigenvalue weighted by atomic mass is 10.1. The van der Waals surface area contributed by atoms with Gasteiger partial charge in [-0.2, -0.15) is 0 Å². The van der Waals surface area contributed by atoms with Gasteiger partial charge in [0.2, 0.25) is 0 Å². The van der Waals surface area contributed by atoms with E-state index in [9.17, 15) is 4.21 Å². The molecular formula is C16H21N3OS2. The van der Waals surface area contributed by atoms with Crippen LogP contribution in [0.15, 0.2) is 41.8 Å². The van der Waals surface area contributed by atoms with E-state index >= 15 is 0 Å². The zero-order chi connectivity index (χ0) is 16.3. The summed E-state index contributed by atoms with van der Waals surface area (Å²) in [6, 6.07) is 11.6. The molecule has 4 nitrogen and oxygen atoms in total. The fourth-order valence-corrected chi connectivity index (χ4v) is 3.75. The summed E-state index contributed by atoms with van der Waals surface area (Å²) in [6.45, 7) is 5.81. The first-order chi connectivity index (χ1) is 10.3. The summed E-state index contributed by atoms with van der Waals surface area (Å²) in [5.74, 6) is 0.0475. The molecule has 6 heteroatoms. The Kier molecular flexibility index (Phi) is 5.16. The Morgan fingerprint density at radius 1 is 1.32 bits per heavy atom. The van der Waals surface area contributed by atoms with Crippen molar-refractivity contribution in [1.82, 2.24) is 4.72 Å². The van der Waals surface area contributed by atoms with Gasteiger partial charge >= 0.3 is 0 Å². The summed E-state index contributed by atoms with van der Waals surface area (Å²) < 4.78 is 15.4. The molecule has 0 aliphatic carbocycles. The third kappa shape index (κ3) is 4.03. The summed E-state index contributed by atoms with van der Waals surface area (Å²) in [5.41, 5.74) is 7.28. The van der Waals surface area contributed by atoms with Crippen LogP contribution < -0.4 is 10.5 Å². The van der Waals surface area contributed by atoms with Crippen LogP contribution >= 0.6 is 11.3 Å². The fourth-order valence-electron chi connectivity index (χ4n) is 1.87. The number of amidine groups is 1. The van der Waals surface area contributed by atoms with Gasteiger partial charge < -0.3 is 5.73 Å². The van der Waals surface area contributed by atoms with Crippen molar-refractivity contribution in [2.45, 2.75) is 31.6 Å². The van der Waals surface area contributed by atoms with Gasteiger partial charge in [-0.25, -0.2) is 8.93 Å². The molecule has 4 N–H and O–H groups in total. The Morgan fingerprint density at radius 2 is 1.95 bits per heavy atom. The number of hydrogen-bond acceptors (Lipinski definition) is 3. The Labute approximate surface area is 137 Å². The molecule has 0 amide bonds. The lowest BCUT2D eigenvalue weighted by Gasteiger charge is -2.24. The quantitative estimate of drug-likeness (QED) is 0.579. The Balaban J connectivity index is 2.37. The van der Waals surface area contributed by atoms with Crippen molar-refractivity contribution in [2.24, 2.45) is 5.73 Å². The Hall–Kier alpha value is -1.50. The summed E-state index contributed by atoms with van der Waals surface area (Å²) in [6.07, 6.45) is 0. The number of hydrogen-bond donors (Lipinski definition) is 3. The second kappa shape index (κ2) is 6.73. The van der Waals surface area contributed by atoms with Gasteiger partial charge in [0, 0.05) is 15.8 Å². The van der Waals surface area contributed by atoms with E-state index in [1.807, 2.05) is 62.5 Å². The second-order valence-corrected chi connectivity index (χ2v) is 8.93. The van der Waals surface area contributed by atoms with Gasteiger partial charge in [0.1, 0.15) is 5.84 Å². The molecule has 0 fully saturated rings. The predicted molar refractivity (Wildman–Crippen MR) is 94.7 cm³/mol. The number of thiophene rings is 1. The minimum absolute atomic E-state index is 0.0475. The maximum absolute atomic E-state index is 12.5. The molecule has 0 aliphatic rings. The fraction of sp³-hybridized carbons (Fsp3) is 0.312. The highest BCUT2D eigenvalue weighted by Crippen LogP contribution is 2.29. The molecule has 22 heavy (non-hydrogen) atoms. The van der Waals surface area contributed by atoms with Crippen LogP contribution in [0.2, 0.25) is 0 Å². The molecule has 0 aliphatic heterocycles. The molecule has 0 saturated heterocycles. The van der Waals surface area contributed by atoms with Gasteiger partial charge in [0.15, 0.2) is 0 Å². The lowest BCUT2D eigenvalue weighted by Crippen LogP contribution is -2.35. The normalized spacial score (nSPS) is 14.5. The molecule has 0 radical (unpaired) electrons. The van der Waals surface area contributed by atoms with Gasteiger partial charge in [-0.15, -0.1) is 11.3 Å². The van der Waals surface area contributed by atoms with Crippen LogP contribution in [0.1, 0.15) is 42.8 Å². The van der Waals surface area contributed by atoms with Crippen molar-refractivity contribution < 1.29 is 4.21 Å².